The zero-order valence-corrected chi connectivity index (χ0v) is 17.9. The molecule has 0 saturated carbocycles. The fraction of sp³-hybridized carbons (Fsp3) is 0.476. The number of nitrogens with zero attached hydrogens (tertiary/aromatic N) is 1. The van der Waals surface area contributed by atoms with E-state index < -0.39 is 0 Å². The molecule has 0 aliphatic heterocycles. The Bertz CT molecular complexity index is 883. The van der Waals surface area contributed by atoms with Gasteiger partial charge in [0.1, 0.15) is 5.75 Å². The summed E-state index contributed by atoms with van der Waals surface area (Å²) < 4.78 is 0. The number of Topliss-reactive ketones (excluding diaryl/α,β-unsaturated/α-hetero) is 1. The van der Waals surface area contributed by atoms with E-state index in [2.05, 4.69) is 9.97 Å². The third-order valence-electron chi connectivity index (χ3n) is 4.24. The molecule has 146 valence electrons. The van der Waals surface area contributed by atoms with Gasteiger partial charge in [0, 0.05) is 28.5 Å². The van der Waals surface area contributed by atoms with Crippen LogP contribution in [0.15, 0.2) is 28.2 Å². The van der Waals surface area contributed by atoms with E-state index in [4.69, 9.17) is 0 Å². The number of phenolic OH excluding ortho intramolecular Hbond substituents is 1. The zero-order chi connectivity index (χ0) is 20.6. The van der Waals surface area contributed by atoms with E-state index in [1.807, 2.05) is 41.5 Å². The second-order valence-electron chi connectivity index (χ2n) is 8.82. The predicted octanol–water partition coefficient (Wildman–Crippen LogP) is 4.35. The molecule has 0 saturated heterocycles. The van der Waals surface area contributed by atoms with Crippen LogP contribution >= 0.6 is 11.8 Å². The molecule has 2 N–H and O–H groups in total. The first-order valence-corrected chi connectivity index (χ1v) is 9.89. The molecule has 0 spiro atoms. The lowest BCUT2D eigenvalue weighted by Crippen LogP contribution is -2.19. The number of thioether (sulfide) groups is 1. The van der Waals surface area contributed by atoms with Crippen molar-refractivity contribution in [2.75, 3.05) is 5.75 Å². The average Bonchev–Trinajstić information content (AvgIpc) is 2.49. The number of aryl methyl sites for hydroxylation is 1. The highest BCUT2D eigenvalue weighted by molar-refractivity contribution is 7.99. The Morgan fingerprint density at radius 2 is 1.59 bits per heavy atom. The number of H-pyrrole nitrogens is 1. The Morgan fingerprint density at radius 3 is 2.04 bits per heavy atom. The average molecular weight is 389 g/mol. The maximum absolute atomic E-state index is 12.8. The van der Waals surface area contributed by atoms with Crippen molar-refractivity contribution in [1.29, 1.82) is 0 Å². The molecule has 1 heterocycles. The standard InChI is InChI=1S/C21H28N2O3S/c1-12-8-17(25)23-19(22-12)27-11-16(24)13-9-14(20(2,3)4)18(26)15(10-13)21(5,6)7/h8-10,26H,11H2,1-7H3,(H,22,23,25). The summed E-state index contributed by atoms with van der Waals surface area (Å²) in [6.07, 6.45) is 0. The maximum atomic E-state index is 12.8. The van der Waals surface area contributed by atoms with Crippen molar-refractivity contribution in [1.82, 2.24) is 9.97 Å². The summed E-state index contributed by atoms with van der Waals surface area (Å²) in [5.41, 5.74) is 1.87. The Morgan fingerprint density at radius 1 is 1.07 bits per heavy atom. The van der Waals surface area contributed by atoms with Crippen molar-refractivity contribution in [3.8, 4) is 5.75 Å². The molecule has 1 aromatic carbocycles. The Kier molecular flexibility index (Phi) is 5.90. The fourth-order valence-electron chi connectivity index (χ4n) is 2.78. The number of ketones is 1. The molecule has 0 bridgehead atoms. The van der Waals surface area contributed by atoms with E-state index in [9.17, 15) is 14.7 Å². The monoisotopic (exact) mass is 388 g/mol. The van der Waals surface area contributed by atoms with Crippen LogP contribution in [0, 0.1) is 6.92 Å². The molecule has 0 aliphatic rings. The quantitative estimate of drug-likeness (QED) is 0.462. The molecule has 0 atom stereocenters. The molecule has 5 nitrogen and oxygen atoms in total. The van der Waals surface area contributed by atoms with Gasteiger partial charge in [-0.15, -0.1) is 0 Å². The minimum Gasteiger partial charge on any atom is -0.507 e. The number of phenols is 1. The van der Waals surface area contributed by atoms with Crippen LogP contribution in [0.4, 0.5) is 0 Å². The van der Waals surface area contributed by atoms with Gasteiger partial charge in [-0.3, -0.25) is 9.59 Å². The second-order valence-corrected chi connectivity index (χ2v) is 9.79. The van der Waals surface area contributed by atoms with Crippen LogP contribution in [0.3, 0.4) is 0 Å². The third-order valence-corrected chi connectivity index (χ3v) is 5.11. The number of benzene rings is 1. The predicted molar refractivity (Wildman–Crippen MR) is 110 cm³/mol. The van der Waals surface area contributed by atoms with Crippen LogP contribution in [-0.2, 0) is 10.8 Å². The van der Waals surface area contributed by atoms with Gasteiger partial charge in [0.15, 0.2) is 10.9 Å². The first-order chi connectivity index (χ1) is 12.3. The van der Waals surface area contributed by atoms with Crippen LogP contribution in [0.25, 0.3) is 0 Å². The number of carbonyl (C=O) groups excluding carboxylic acids is 1. The number of hydrogen-bond acceptors (Lipinski definition) is 5. The number of rotatable bonds is 4. The first-order valence-electron chi connectivity index (χ1n) is 8.91. The minimum atomic E-state index is -0.295. The molecule has 0 fully saturated rings. The van der Waals surface area contributed by atoms with E-state index in [1.165, 1.54) is 17.8 Å². The van der Waals surface area contributed by atoms with Crippen molar-refractivity contribution in [2.24, 2.45) is 0 Å². The van der Waals surface area contributed by atoms with Crippen LogP contribution in [0.1, 0.15) is 68.7 Å². The van der Waals surface area contributed by atoms with Crippen LogP contribution in [-0.4, -0.2) is 26.6 Å². The summed E-state index contributed by atoms with van der Waals surface area (Å²) in [4.78, 5) is 31.3. The summed E-state index contributed by atoms with van der Waals surface area (Å²) in [7, 11) is 0. The number of aromatic nitrogens is 2. The number of hydrogen-bond donors (Lipinski definition) is 2. The van der Waals surface area contributed by atoms with E-state index in [-0.39, 0.29) is 33.7 Å². The van der Waals surface area contributed by atoms with E-state index in [1.54, 1.807) is 19.1 Å². The van der Waals surface area contributed by atoms with Crippen LogP contribution < -0.4 is 5.56 Å². The highest BCUT2D eigenvalue weighted by Crippen LogP contribution is 2.40. The molecular formula is C21H28N2O3S. The highest BCUT2D eigenvalue weighted by atomic mass is 32.2. The molecule has 27 heavy (non-hydrogen) atoms. The van der Waals surface area contributed by atoms with Crippen molar-refractivity contribution < 1.29 is 9.90 Å². The Labute approximate surface area is 164 Å². The van der Waals surface area contributed by atoms with Crippen molar-refractivity contribution >= 4 is 17.5 Å². The van der Waals surface area contributed by atoms with Crippen molar-refractivity contribution in [3.63, 3.8) is 0 Å². The number of carbonyl (C=O) groups is 1. The SMILES string of the molecule is Cc1cc(=O)[nH]c(SCC(=O)c2cc(C(C)(C)C)c(O)c(C(C)(C)C)c2)n1. The summed E-state index contributed by atoms with van der Waals surface area (Å²) in [6, 6.07) is 4.97. The Balaban J connectivity index is 2.39. The van der Waals surface area contributed by atoms with Crippen LogP contribution in [0.5, 0.6) is 5.75 Å². The topological polar surface area (TPSA) is 83.0 Å². The zero-order valence-electron chi connectivity index (χ0n) is 17.1. The molecule has 2 aromatic rings. The molecule has 1 aromatic heterocycles. The fourth-order valence-corrected chi connectivity index (χ4v) is 3.59. The summed E-state index contributed by atoms with van der Waals surface area (Å²) in [6.45, 7) is 13.8. The van der Waals surface area contributed by atoms with Gasteiger partial charge in [-0.05, 0) is 29.9 Å². The second kappa shape index (κ2) is 7.50. The highest BCUT2D eigenvalue weighted by Gasteiger charge is 2.27. The first kappa shape index (κ1) is 21.2. The maximum Gasteiger partial charge on any atom is 0.251 e. The molecule has 0 unspecified atom stereocenters. The van der Waals surface area contributed by atoms with Gasteiger partial charge in [0.2, 0.25) is 0 Å². The lowest BCUT2D eigenvalue weighted by atomic mass is 9.78. The molecule has 0 radical (unpaired) electrons. The smallest absolute Gasteiger partial charge is 0.251 e. The molecule has 0 amide bonds. The summed E-state index contributed by atoms with van der Waals surface area (Å²) >= 11 is 1.20. The van der Waals surface area contributed by atoms with E-state index >= 15 is 0 Å². The lowest BCUT2D eigenvalue weighted by Gasteiger charge is -2.28. The third kappa shape index (κ3) is 5.22. The van der Waals surface area contributed by atoms with Crippen LogP contribution in [0.2, 0.25) is 0 Å². The van der Waals surface area contributed by atoms with Crippen molar-refractivity contribution in [3.05, 3.63) is 50.9 Å². The normalized spacial score (nSPS) is 12.3. The molecular weight excluding hydrogens is 360 g/mol. The van der Waals surface area contributed by atoms with Gasteiger partial charge in [-0.2, -0.15) is 0 Å². The number of aromatic amines is 1. The van der Waals surface area contributed by atoms with E-state index in [0.717, 1.165) is 11.1 Å². The summed E-state index contributed by atoms with van der Waals surface area (Å²) in [5, 5.41) is 11.2. The molecule has 0 aliphatic carbocycles. The molecule has 6 heteroatoms. The van der Waals surface area contributed by atoms with Gasteiger partial charge in [-0.25, -0.2) is 4.98 Å². The van der Waals surface area contributed by atoms with Gasteiger partial charge >= 0.3 is 0 Å². The van der Waals surface area contributed by atoms with Gasteiger partial charge < -0.3 is 10.1 Å². The van der Waals surface area contributed by atoms with Crippen molar-refractivity contribution in [2.45, 2.75) is 64.5 Å². The van der Waals surface area contributed by atoms with E-state index in [0.29, 0.717) is 16.4 Å². The lowest BCUT2D eigenvalue weighted by molar-refractivity contribution is 0.102. The summed E-state index contributed by atoms with van der Waals surface area (Å²) in [5.74, 6) is 0.341. The number of nitrogens with one attached hydrogen (secondary N) is 1. The van der Waals surface area contributed by atoms with Gasteiger partial charge in [0.05, 0.1) is 5.75 Å². The van der Waals surface area contributed by atoms with Gasteiger partial charge in [-0.1, -0.05) is 53.3 Å². The Hall–Kier alpha value is -2.08. The van der Waals surface area contributed by atoms with Gasteiger partial charge in [0.25, 0.3) is 5.56 Å². The number of aromatic hydroxyl groups is 1. The minimum absolute atomic E-state index is 0.0693. The largest absolute Gasteiger partial charge is 0.507 e. The molecule has 2 rings (SSSR count).